The average Bonchev–Trinajstić information content (AvgIpc) is 0.823. The number of unbranched alkanes of at least 4 members (excludes halogenated alkanes) is 12. The Morgan fingerprint density at radius 2 is 0.286 bits per heavy atom. The molecule has 0 unspecified atom stereocenters. The first-order chi connectivity index (χ1) is 50.3. The number of carboxylic acids is 8. The Morgan fingerprint density at radius 1 is 0.188 bits per heavy atom. The van der Waals surface area contributed by atoms with Gasteiger partial charge in [0.15, 0.2) is 0 Å². The van der Waals surface area contributed by atoms with Gasteiger partial charge in [-0.05, 0) is 151 Å². The van der Waals surface area contributed by atoms with Crippen LogP contribution in [-0.2, 0) is 94.4 Å². The number of pyridine rings is 8. The van der Waals surface area contributed by atoms with E-state index < -0.39 is 47.8 Å². The summed E-state index contributed by atoms with van der Waals surface area (Å²) in [6.07, 6.45) is 25.3. The standard InChI is InChI=1S/4C12H8N2.4C8H14O4.2Mn.4O.2U/c4*1-3-9-5-6-10-4-2-8-14-12(10)11(9)13-7-1;4*9-7(10)5-3-1-2-4-6-8(11)12;;;;;;;;/h4*1-8H;4*1-6H2,(H,9,10)(H,11,12);;;;;;;;/q;;;;;;;;;;4*-2;2*+4/p-8. The SMILES string of the molecule is O=C([O-])CCCCCCC(=O)[O-].O=C([O-])CCCCCCC(=O)[O-].O=C([O-])CCCCCCC(=O)[O-].O=C([O-])CCCCCCC(=O)[O-].[Mn].[Mn].[O-2].[O-2].[O-2].[O-2].[U+4].[U+4].c1cnc2c(c1)ccc1cccnc12.c1cnc2c(c1)ccc1cccnc12.c1cnc2c(c1)ccc1cccnc12.c1cnc2c(c1)ccc1cccnc12. The van der Waals surface area contributed by atoms with E-state index in [0.717, 1.165) is 139 Å². The van der Waals surface area contributed by atoms with E-state index in [9.17, 15) is 79.2 Å². The number of carbonyl (C=O) groups is 8. The molecule has 8 heterocycles. The van der Waals surface area contributed by atoms with Crippen molar-refractivity contribution >= 4 is 135 Å². The van der Waals surface area contributed by atoms with Gasteiger partial charge in [-0.1, -0.05) is 148 Å². The van der Waals surface area contributed by atoms with Gasteiger partial charge in [0.25, 0.3) is 0 Å². The summed E-state index contributed by atoms with van der Waals surface area (Å²) in [6, 6.07) is 48.6. The zero-order valence-electron chi connectivity index (χ0n) is 60.9. The third-order valence-corrected chi connectivity index (χ3v) is 15.4. The number of rotatable bonds is 28. The van der Waals surface area contributed by atoms with Gasteiger partial charge in [-0.25, -0.2) is 0 Å². The van der Waals surface area contributed by atoms with Crippen LogP contribution < -0.4 is 40.9 Å². The van der Waals surface area contributed by atoms with Gasteiger partial charge in [0.1, 0.15) is 0 Å². The van der Waals surface area contributed by atoms with Crippen molar-refractivity contribution in [2.75, 3.05) is 0 Å². The quantitative estimate of drug-likeness (QED) is 0.0310. The molecule has 0 aliphatic heterocycles. The molecule has 590 valence electrons. The molecule has 0 amide bonds. The maximum atomic E-state index is 9.92. The number of benzene rings is 4. The van der Waals surface area contributed by atoms with Gasteiger partial charge in [0, 0.05) is 175 Å². The van der Waals surface area contributed by atoms with Gasteiger partial charge in [0.05, 0.1) is 44.1 Å². The number of fused-ring (bicyclic) bond motifs is 12. The topological polar surface area (TPSA) is 538 Å². The third-order valence-electron chi connectivity index (χ3n) is 15.4. The monoisotopic (exact) mass is 2060 g/mol. The fraction of sp³-hybridized carbons (Fsp3) is 0.300. The van der Waals surface area contributed by atoms with Crippen LogP contribution >= 0.6 is 0 Å². The molecular weight excluding hydrogens is 1980 g/mol. The van der Waals surface area contributed by atoms with E-state index in [1.54, 1.807) is 49.6 Å². The van der Waals surface area contributed by atoms with Crippen molar-refractivity contribution in [3.8, 4) is 0 Å². The second kappa shape index (κ2) is 64.4. The molecule has 112 heavy (non-hydrogen) atoms. The molecule has 12 rings (SSSR count). The molecule has 0 N–H and O–H groups in total. The van der Waals surface area contributed by atoms with E-state index >= 15 is 0 Å². The van der Waals surface area contributed by atoms with Gasteiger partial charge in [-0.3, -0.25) is 39.9 Å². The molecule has 0 aliphatic rings. The minimum absolute atomic E-state index is 0. The summed E-state index contributed by atoms with van der Waals surface area (Å²) < 4.78 is 0. The molecule has 2 radical (unpaired) electrons. The largest absolute Gasteiger partial charge is 4.00 e. The van der Waals surface area contributed by atoms with Crippen LogP contribution in [0.25, 0.3) is 87.2 Å². The van der Waals surface area contributed by atoms with Crippen LogP contribution in [0.1, 0.15) is 154 Å². The van der Waals surface area contributed by atoms with E-state index in [4.69, 9.17) is 0 Å². The molecular formula is C80H80Mn2N8O20U2-8. The normalized spacial score (nSPS) is 9.57. The molecule has 0 fully saturated rings. The second-order valence-corrected chi connectivity index (χ2v) is 23.5. The summed E-state index contributed by atoms with van der Waals surface area (Å²) >= 11 is 0. The number of aromatic nitrogens is 8. The van der Waals surface area contributed by atoms with Crippen molar-refractivity contribution in [3.63, 3.8) is 0 Å². The Balaban J connectivity index is -0.000000590. The van der Waals surface area contributed by atoms with E-state index in [1.165, 1.54) is 0 Å². The Morgan fingerprint density at radius 3 is 0.375 bits per heavy atom. The fourth-order valence-electron chi connectivity index (χ4n) is 10.3. The van der Waals surface area contributed by atoms with E-state index in [0.29, 0.717) is 51.4 Å². The smallest absolute Gasteiger partial charge is 2.00 e. The summed E-state index contributed by atoms with van der Waals surface area (Å²) in [4.78, 5) is 114. The number of hydrogen-bond donors (Lipinski definition) is 0. The summed E-state index contributed by atoms with van der Waals surface area (Å²) in [5, 5.41) is 88.5. The van der Waals surface area contributed by atoms with Crippen LogP contribution in [0.3, 0.4) is 0 Å². The van der Waals surface area contributed by atoms with Crippen LogP contribution in [0.2, 0.25) is 0 Å². The Hall–Kier alpha value is -9.10. The van der Waals surface area contributed by atoms with Gasteiger partial charge in [-0.2, -0.15) is 0 Å². The minimum Gasteiger partial charge on any atom is -2.00 e. The van der Waals surface area contributed by atoms with Gasteiger partial charge in [0.2, 0.25) is 0 Å². The van der Waals surface area contributed by atoms with Crippen LogP contribution in [0.5, 0.6) is 0 Å². The zero-order valence-corrected chi connectivity index (χ0v) is 71.6. The Labute approximate surface area is 715 Å². The number of carbonyl (C=O) groups excluding carboxylic acids is 8. The first kappa shape index (κ1) is 109. The number of nitrogens with zero attached hydrogens (tertiary/aromatic N) is 8. The third kappa shape index (κ3) is 44.2. The zero-order chi connectivity index (χ0) is 75.1. The van der Waals surface area contributed by atoms with E-state index in [-0.39, 0.29) is 170 Å². The maximum Gasteiger partial charge on any atom is 4.00 e. The summed E-state index contributed by atoms with van der Waals surface area (Å²) in [6.45, 7) is 0. The summed E-state index contributed by atoms with van der Waals surface area (Å²) in [5.74, 6) is -8.37. The van der Waals surface area contributed by atoms with Gasteiger partial charge < -0.3 is 101 Å². The summed E-state index contributed by atoms with van der Waals surface area (Å²) in [7, 11) is 0. The van der Waals surface area contributed by atoms with Gasteiger partial charge in [-0.15, -0.1) is 0 Å². The number of aliphatic carboxylic acids is 8. The van der Waals surface area contributed by atoms with Crippen LogP contribution in [0.15, 0.2) is 195 Å². The first-order valence-corrected chi connectivity index (χ1v) is 34.2. The fourth-order valence-corrected chi connectivity index (χ4v) is 10.3. The molecule has 0 bridgehead atoms. The minimum atomic E-state index is -1.05. The predicted molar refractivity (Wildman–Crippen MR) is 382 cm³/mol. The van der Waals surface area contributed by atoms with Crippen molar-refractivity contribution in [1.82, 2.24) is 39.9 Å². The number of hydrogen-bond acceptors (Lipinski definition) is 24. The Kier molecular flexibility index (Phi) is 62.8. The van der Waals surface area contributed by atoms with Crippen molar-refractivity contribution in [1.29, 1.82) is 0 Å². The van der Waals surface area contributed by atoms with Gasteiger partial charge >= 0.3 is 62.2 Å². The molecule has 28 nitrogen and oxygen atoms in total. The van der Waals surface area contributed by atoms with Crippen molar-refractivity contribution < 1.29 is 197 Å². The molecule has 0 atom stereocenters. The van der Waals surface area contributed by atoms with Crippen molar-refractivity contribution in [2.45, 2.75) is 154 Å². The van der Waals surface area contributed by atoms with Crippen LogP contribution in [0.4, 0.5) is 0 Å². The molecule has 0 saturated carbocycles. The molecule has 4 aromatic carbocycles. The summed E-state index contributed by atoms with van der Waals surface area (Å²) in [5.41, 5.74) is 7.82. The number of carboxylic acid groups (broad SMARTS) is 8. The van der Waals surface area contributed by atoms with E-state index in [2.05, 4.69) is 137 Å². The second-order valence-electron chi connectivity index (χ2n) is 23.5. The maximum absolute atomic E-state index is 9.92. The molecule has 8 aromatic heterocycles. The van der Waals surface area contributed by atoms with Crippen LogP contribution in [-0.4, -0.2) is 87.6 Å². The average molecular weight is 2060 g/mol. The molecule has 0 saturated heterocycles. The van der Waals surface area contributed by atoms with Crippen molar-refractivity contribution in [3.05, 3.63) is 195 Å². The molecule has 12 aromatic rings. The van der Waals surface area contributed by atoms with E-state index in [1.807, 2.05) is 48.5 Å². The molecule has 32 heteroatoms. The molecule has 0 aliphatic carbocycles. The van der Waals surface area contributed by atoms with Crippen LogP contribution in [0, 0.1) is 62.2 Å². The van der Waals surface area contributed by atoms with Crippen molar-refractivity contribution in [2.24, 2.45) is 0 Å². The first-order valence-electron chi connectivity index (χ1n) is 34.2. The Bertz CT molecular complexity index is 3850. The predicted octanol–water partition coefficient (Wildman–Crippen LogP) is 5.96. The molecule has 0 spiro atoms.